The van der Waals surface area contributed by atoms with E-state index in [4.69, 9.17) is 9.97 Å². The number of aryl methyl sites for hydroxylation is 2. The number of aromatic nitrogens is 4. The molecular formula is C39H46N4O5. The van der Waals surface area contributed by atoms with Crippen LogP contribution in [0.1, 0.15) is 91.7 Å². The third-order valence-corrected chi connectivity index (χ3v) is 10.8. The lowest BCUT2D eigenvalue weighted by Crippen LogP contribution is -2.46. The molecule has 9 nitrogen and oxygen atoms in total. The first kappa shape index (κ1) is 33.7. The highest BCUT2D eigenvalue weighted by Crippen LogP contribution is 2.54. The van der Waals surface area contributed by atoms with Gasteiger partial charge >= 0.3 is 0 Å². The van der Waals surface area contributed by atoms with Crippen molar-refractivity contribution in [1.29, 1.82) is 0 Å². The lowest BCUT2D eigenvalue weighted by Gasteiger charge is -2.42. The van der Waals surface area contributed by atoms with Gasteiger partial charge in [-0.15, -0.1) is 0 Å². The van der Waals surface area contributed by atoms with Gasteiger partial charge in [0.2, 0.25) is 0 Å². The molecule has 3 aliphatic heterocycles. The number of hydrogen-bond acceptors (Lipinski definition) is 7. The molecule has 0 fully saturated rings. The Balaban J connectivity index is 1.76. The molecule has 0 saturated heterocycles. The van der Waals surface area contributed by atoms with Crippen molar-refractivity contribution in [2.75, 3.05) is 26.4 Å². The Bertz CT molecular complexity index is 1960. The van der Waals surface area contributed by atoms with E-state index < -0.39 is 17.9 Å². The summed E-state index contributed by atoms with van der Waals surface area (Å²) in [6, 6.07) is 8.14. The van der Waals surface area contributed by atoms with Gasteiger partial charge in [0.05, 0.1) is 22.8 Å². The molecule has 0 amide bonds. The largest absolute Gasteiger partial charge is 0.396 e. The van der Waals surface area contributed by atoms with Crippen LogP contribution in [0.15, 0.2) is 43.0 Å². The smallest absolute Gasteiger partial charge is 0.162 e. The van der Waals surface area contributed by atoms with Gasteiger partial charge in [-0.1, -0.05) is 18.7 Å². The Hall–Kier alpha value is -4.15. The van der Waals surface area contributed by atoms with Crippen LogP contribution in [0.5, 0.6) is 0 Å². The first-order chi connectivity index (χ1) is 23.1. The minimum absolute atomic E-state index is 0.0535. The summed E-state index contributed by atoms with van der Waals surface area (Å²) in [6.07, 6.45) is 6.95. The van der Waals surface area contributed by atoms with E-state index in [1.54, 1.807) is 0 Å². The van der Waals surface area contributed by atoms with Crippen LogP contribution in [0.4, 0.5) is 0 Å². The number of carbonyl (C=O) groups is 1. The Kier molecular flexibility index (Phi) is 9.42. The zero-order valence-electron chi connectivity index (χ0n) is 28.3. The number of carbonyl (C=O) groups excluding carboxylic acids is 1. The minimum Gasteiger partial charge on any atom is -0.396 e. The van der Waals surface area contributed by atoms with Crippen LogP contribution < -0.4 is 0 Å². The number of H-pyrrole nitrogens is 2. The van der Waals surface area contributed by atoms with Gasteiger partial charge in [0.25, 0.3) is 0 Å². The van der Waals surface area contributed by atoms with E-state index in [0.717, 1.165) is 84.2 Å². The van der Waals surface area contributed by atoms with Crippen molar-refractivity contribution >= 4 is 44.7 Å². The monoisotopic (exact) mass is 650 g/mol. The van der Waals surface area contributed by atoms with Crippen LogP contribution in [0.25, 0.3) is 38.9 Å². The zero-order chi connectivity index (χ0) is 34.3. The van der Waals surface area contributed by atoms with Crippen LogP contribution in [-0.4, -0.2) is 72.6 Å². The van der Waals surface area contributed by atoms with Crippen molar-refractivity contribution in [1.82, 2.24) is 19.9 Å². The van der Waals surface area contributed by atoms with Gasteiger partial charge in [-0.3, -0.25) is 4.79 Å². The van der Waals surface area contributed by atoms with E-state index >= 15 is 0 Å². The van der Waals surface area contributed by atoms with Crippen LogP contribution >= 0.6 is 0 Å². The van der Waals surface area contributed by atoms with Gasteiger partial charge in [0.15, 0.2) is 5.78 Å². The normalized spacial score (nSPS) is 21.3. The first-order valence-electron chi connectivity index (χ1n) is 16.9. The van der Waals surface area contributed by atoms with Crippen molar-refractivity contribution in [3.8, 4) is 0 Å². The molecule has 0 spiro atoms. The molecule has 2 aromatic rings. The number of aliphatic hydroxyl groups excluding tert-OH is 4. The third kappa shape index (κ3) is 5.48. The van der Waals surface area contributed by atoms with E-state index in [-0.39, 0.29) is 31.5 Å². The lowest BCUT2D eigenvalue weighted by atomic mass is 9.59. The number of aliphatic hydroxyl groups is 4. The number of ketones is 1. The molecule has 48 heavy (non-hydrogen) atoms. The maximum absolute atomic E-state index is 13.5. The standard InChI is InChI=1S/C39H46N4O5/c1-6-25-21(2)30-16-35-28-12-11-24(19-46)38(36(48)20-47)39(28,5)37(43-35)18-31-23(4)27(10-8-14-45)34(42-31)17-33-26(9-7-13-44)22(3)29(41-33)15-32(25)40-30/h6,12,15-18,24,38,41,43-47H,1,7-11,13-14,19-20H2,2-5H3/t24?,38?,39-/m1/s1. The van der Waals surface area contributed by atoms with Gasteiger partial charge in [-0.25, -0.2) is 9.97 Å². The summed E-state index contributed by atoms with van der Waals surface area (Å²) < 4.78 is 0. The molecule has 0 aromatic carbocycles. The average Bonchev–Trinajstić information content (AvgIpc) is 3.73. The molecule has 2 unspecified atom stereocenters. The number of allylic oxidation sites excluding steroid dienone is 7. The van der Waals surface area contributed by atoms with Crippen LogP contribution in [0.3, 0.4) is 0 Å². The van der Waals surface area contributed by atoms with Gasteiger partial charge in [0.1, 0.15) is 6.61 Å². The average molecular weight is 651 g/mol. The second-order valence-electron chi connectivity index (χ2n) is 13.5. The molecule has 3 atom stereocenters. The van der Waals surface area contributed by atoms with Gasteiger partial charge in [-0.2, -0.15) is 0 Å². The topological polar surface area (TPSA) is 155 Å². The molecule has 6 N–H and O–H groups in total. The van der Waals surface area contributed by atoms with Gasteiger partial charge in [-0.05, 0) is 123 Å². The van der Waals surface area contributed by atoms with E-state index in [0.29, 0.717) is 32.1 Å². The fourth-order valence-corrected chi connectivity index (χ4v) is 8.11. The Morgan fingerprint density at radius 1 is 0.917 bits per heavy atom. The highest BCUT2D eigenvalue weighted by molar-refractivity contribution is 5.98. The highest BCUT2D eigenvalue weighted by Gasteiger charge is 2.52. The maximum Gasteiger partial charge on any atom is 0.162 e. The van der Waals surface area contributed by atoms with Crippen LogP contribution in [-0.2, 0) is 16.6 Å². The molecule has 9 heteroatoms. The molecular weight excluding hydrogens is 604 g/mol. The summed E-state index contributed by atoms with van der Waals surface area (Å²) in [5, 5.41) is 40.0. The molecule has 6 rings (SSSR count). The molecule has 4 aliphatic rings. The summed E-state index contributed by atoms with van der Waals surface area (Å²) in [4.78, 5) is 31.0. The summed E-state index contributed by atoms with van der Waals surface area (Å²) >= 11 is 0. The van der Waals surface area contributed by atoms with E-state index in [1.807, 2.05) is 45.0 Å². The Labute approximate surface area is 281 Å². The first-order valence-corrected chi connectivity index (χ1v) is 16.9. The molecule has 5 heterocycles. The number of fused-ring (bicyclic) bond motifs is 11. The fraction of sp³-hybridized carbons (Fsp3) is 0.410. The number of nitrogens with zero attached hydrogens (tertiary/aromatic N) is 2. The van der Waals surface area contributed by atoms with Crippen LogP contribution in [0.2, 0.25) is 0 Å². The zero-order valence-corrected chi connectivity index (χ0v) is 28.3. The molecule has 8 bridgehead atoms. The minimum atomic E-state index is -0.870. The van der Waals surface area contributed by atoms with Gasteiger partial charge < -0.3 is 30.4 Å². The van der Waals surface area contributed by atoms with E-state index in [1.165, 1.54) is 0 Å². The quantitative estimate of drug-likeness (QED) is 0.195. The predicted molar refractivity (Wildman–Crippen MR) is 190 cm³/mol. The second kappa shape index (κ2) is 13.4. The molecule has 0 radical (unpaired) electrons. The lowest BCUT2D eigenvalue weighted by molar-refractivity contribution is -0.130. The second-order valence-corrected chi connectivity index (χ2v) is 13.5. The fourth-order valence-electron chi connectivity index (χ4n) is 8.11. The molecule has 1 aliphatic carbocycles. The Morgan fingerprint density at radius 3 is 2.29 bits per heavy atom. The van der Waals surface area contributed by atoms with Gasteiger partial charge in [0, 0.05) is 59.1 Å². The van der Waals surface area contributed by atoms with Crippen molar-refractivity contribution < 1.29 is 25.2 Å². The summed E-state index contributed by atoms with van der Waals surface area (Å²) in [5.74, 6) is -1.33. The summed E-state index contributed by atoms with van der Waals surface area (Å²) in [6.45, 7) is 11.6. The maximum atomic E-state index is 13.5. The van der Waals surface area contributed by atoms with E-state index in [2.05, 4.69) is 35.6 Å². The number of hydrogen-bond donors (Lipinski definition) is 6. The number of rotatable bonds is 10. The number of Topliss-reactive ketones (excluding diaryl/α,β-unsaturated/α-hetero) is 1. The van der Waals surface area contributed by atoms with Crippen molar-refractivity contribution in [2.45, 2.75) is 65.2 Å². The Morgan fingerprint density at radius 2 is 1.60 bits per heavy atom. The van der Waals surface area contributed by atoms with E-state index in [9.17, 15) is 25.2 Å². The third-order valence-electron chi connectivity index (χ3n) is 10.8. The van der Waals surface area contributed by atoms with Crippen molar-refractivity contribution in [3.63, 3.8) is 0 Å². The number of nitrogens with one attached hydrogen (secondary N) is 2. The summed E-state index contributed by atoms with van der Waals surface area (Å²) in [7, 11) is 0. The van der Waals surface area contributed by atoms with Crippen molar-refractivity contribution in [2.24, 2.45) is 11.8 Å². The van der Waals surface area contributed by atoms with Crippen LogP contribution in [0, 0.1) is 18.8 Å². The summed E-state index contributed by atoms with van der Waals surface area (Å²) in [5.41, 5.74) is 12.7. The number of aromatic amines is 2. The molecule has 2 aromatic heterocycles. The SMILES string of the molecule is C=CC1=C(C)c2cc3[nH]c(cc4nc(cc5[nH]c(cc1n2)c(C)c5CCCO)C(CCCO)=C4C)[C@@]1(C)C3=CCC(CO)C1C(=O)CO. The molecule has 252 valence electrons. The predicted octanol–water partition coefficient (Wildman–Crippen LogP) is 5.62. The highest BCUT2D eigenvalue weighted by atomic mass is 16.3. The van der Waals surface area contributed by atoms with Crippen molar-refractivity contribution in [3.05, 3.63) is 88.3 Å². The molecule has 0 saturated carbocycles.